The van der Waals surface area contributed by atoms with Crippen LogP contribution in [-0.4, -0.2) is 9.79 Å². The van der Waals surface area contributed by atoms with E-state index in [-0.39, 0.29) is 11.5 Å². The van der Waals surface area contributed by atoms with Crippen molar-refractivity contribution < 1.29 is 32.3 Å². The van der Waals surface area contributed by atoms with Crippen LogP contribution in [0.15, 0.2) is 158 Å². The van der Waals surface area contributed by atoms with Crippen LogP contribution in [0.3, 0.4) is 0 Å². The van der Waals surface area contributed by atoms with E-state index in [2.05, 4.69) is 52.0 Å². The lowest BCUT2D eigenvalue weighted by molar-refractivity contribution is 0.232. The molecule has 0 amide bonds. The van der Waals surface area contributed by atoms with Crippen molar-refractivity contribution in [1.29, 1.82) is 0 Å². The largest absolute Gasteiger partial charge is 0.596 e. The Morgan fingerprint density at radius 1 is 0.386 bits per heavy atom. The van der Waals surface area contributed by atoms with Crippen LogP contribution in [0.1, 0.15) is 99.9 Å². The third kappa shape index (κ3) is 9.05. The van der Waals surface area contributed by atoms with Crippen LogP contribution in [0.5, 0.6) is 11.5 Å². The second-order valence-electron chi connectivity index (χ2n) is 16.6. The summed E-state index contributed by atoms with van der Waals surface area (Å²) < 4.78 is 45.3. The Morgan fingerprint density at radius 3 is 0.947 bits per heavy atom. The van der Waals surface area contributed by atoms with Crippen LogP contribution in [-0.2, 0) is 35.1 Å². The van der Waals surface area contributed by atoms with Gasteiger partial charge in [-0.15, -0.1) is 0 Å². The van der Waals surface area contributed by atoms with E-state index in [4.69, 9.17) is 13.4 Å². The summed E-state index contributed by atoms with van der Waals surface area (Å²) >= 11 is 0. The topological polar surface area (TPSA) is 102 Å². The first kappa shape index (κ1) is 41.9. The minimum atomic E-state index is -5.45. The molecule has 7 nitrogen and oxygen atoms in total. The molecule has 0 aliphatic carbocycles. The molecule has 0 aromatic heterocycles. The Balaban J connectivity index is 1.52. The number of phosphoric ester groups is 1. The number of rotatable bonds is 14. The molecule has 57 heavy (non-hydrogen) atoms. The van der Waals surface area contributed by atoms with Crippen LogP contribution < -0.4 is 9.05 Å². The van der Waals surface area contributed by atoms with Crippen LogP contribution in [0.2, 0.25) is 0 Å². The predicted molar refractivity (Wildman–Crippen MR) is 229 cm³/mol. The van der Waals surface area contributed by atoms with Crippen molar-refractivity contribution in [1.82, 2.24) is 0 Å². The Labute approximate surface area is 337 Å². The second-order valence-corrected chi connectivity index (χ2v) is 19.5. The van der Waals surface area contributed by atoms with Crippen LogP contribution in [0, 0.1) is 0 Å². The van der Waals surface area contributed by atoms with Crippen molar-refractivity contribution in [2.75, 3.05) is 0 Å². The van der Waals surface area contributed by atoms with E-state index < -0.39 is 37.3 Å². The normalized spacial score (nSPS) is 12.9. The monoisotopic (exact) mass is 802 g/mol. The zero-order chi connectivity index (χ0) is 41.3. The summed E-state index contributed by atoms with van der Waals surface area (Å²) in [4.78, 5) is 20.5. The van der Waals surface area contributed by atoms with Gasteiger partial charge in [-0.2, -0.15) is 4.31 Å². The molecular weight excluding hydrogens is 750 g/mol. The average molecular weight is 803 g/mol. The number of hydrogen-bond donors (Lipinski definition) is 2. The Bertz CT molecular complexity index is 2250. The van der Waals surface area contributed by atoms with Gasteiger partial charge in [0.25, 0.3) is 0 Å². The maximum Gasteiger partial charge on any atom is 0.596 e. The second kappa shape index (κ2) is 15.9. The summed E-state index contributed by atoms with van der Waals surface area (Å²) in [5, 5.41) is 0. The number of hydrogen-bond acceptors (Lipinski definition) is 5. The summed E-state index contributed by atoms with van der Waals surface area (Å²) in [6.07, 6.45) is 0. The van der Waals surface area contributed by atoms with Gasteiger partial charge in [0, 0.05) is 32.8 Å². The van der Waals surface area contributed by atoms with Crippen LogP contribution in [0.25, 0.3) is 0 Å². The van der Waals surface area contributed by atoms with Gasteiger partial charge in [0.15, 0.2) is 0 Å². The smallest absolute Gasteiger partial charge is 0.394 e. The summed E-state index contributed by atoms with van der Waals surface area (Å²) in [5.41, 5.74) is 4.85. The van der Waals surface area contributed by atoms with Crippen LogP contribution >= 0.6 is 15.6 Å². The van der Waals surface area contributed by atoms with Gasteiger partial charge in [0.1, 0.15) is 11.5 Å². The first-order valence-electron chi connectivity index (χ1n) is 19.0. The Morgan fingerprint density at radius 2 is 0.667 bits per heavy atom. The van der Waals surface area contributed by atoms with E-state index in [1.807, 2.05) is 149 Å². The molecular formula is C48H52O7P2. The number of benzene rings is 6. The molecule has 0 spiro atoms. The molecule has 6 rings (SSSR count). The molecule has 6 aromatic rings. The molecule has 0 saturated carbocycles. The van der Waals surface area contributed by atoms with E-state index in [1.165, 1.54) is 0 Å². The fraction of sp³-hybridized carbons (Fsp3) is 0.250. The SMILES string of the molecule is CC(C)(c1ccccc1)c1ccc(OP(=O)(Oc2ccc(C(C)(C)c3ccccc3)cc2C(C)(C)c2ccccc2)OP(=O)(O)O)c(C(C)(C)c2ccccc2)c1. The number of phosphoric acid groups is 2. The maximum absolute atomic E-state index is 15.0. The molecule has 296 valence electrons. The van der Waals surface area contributed by atoms with E-state index in [0.717, 1.165) is 33.4 Å². The fourth-order valence-electron chi connectivity index (χ4n) is 7.46. The molecule has 0 saturated heterocycles. The van der Waals surface area contributed by atoms with Crippen molar-refractivity contribution in [2.24, 2.45) is 0 Å². The van der Waals surface area contributed by atoms with Crippen molar-refractivity contribution in [3.05, 3.63) is 202 Å². The lowest BCUT2D eigenvalue weighted by atomic mass is 9.73. The molecule has 0 bridgehead atoms. The van der Waals surface area contributed by atoms with Gasteiger partial charge >= 0.3 is 15.6 Å². The van der Waals surface area contributed by atoms with Gasteiger partial charge in [-0.1, -0.05) is 201 Å². The Kier molecular flexibility index (Phi) is 11.7. The third-order valence-corrected chi connectivity index (χ3v) is 13.8. The van der Waals surface area contributed by atoms with Gasteiger partial charge in [-0.25, -0.2) is 9.13 Å². The van der Waals surface area contributed by atoms with Gasteiger partial charge in [0.05, 0.1) is 0 Å². The molecule has 0 aliphatic heterocycles. The minimum absolute atomic E-state index is 0.0962. The highest BCUT2D eigenvalue weighted by molar-refractivity contribution is 7.61. The lowest BCUT2D eigenvalue weighted by Gasteiger charge is -2.34. The van der Waals surface area contributed by atoms with Crippen molar-refractivity contribution in [3.8, 4) is 11.5 Å². The van der Waals surface area contributed by atoms with Crippen molar-refractivity contribution >= 4 is 15.6 Å². The molecule has 6 aromatic carbocycles. The summed E-state index contributed by atoms with van der Waals surface area (Å²) in [5.74, 6) is 0.192. The zero-order valence-corrected chi connectivity index (χ0v) is 35.6. The highest BCUT2D eigenvalue weighted by Gasteiger charge is 2.43. The molecule has 0 atom stereocenters. The lowest BCUT2D eigenvalue weighted by Crippen LogP contribution is -2.24. The summed E-state index contributed by atoms with van der Waals surface area (Å²) in [6.45, 7) is 16.6. The molecule has 9 heteroatoms. The van der Waals surface area contributed by atoms with Gasteiger partial charge in [-0.05, 0) is 45.5 Å². The standard InChI is InChI=1S/C48H52O7P2/c1-45(2,35-21-13-9-14-22-35)39-29-31-43(41(33-39)47(5,6)37-25-17-11-18-26-37)53-57(52,55-56(49,50)51)54-44-32-30-40(46(3,4)36-23-15-10-16-24-36)34-42(44)48(7,8)38-27-19-12-20-28-38/h9-34H,1-8H3,(H2,49,50,51). The highest BCUT2D eigenvalue weighted by atomic mass is 31.3. The van der Waals surface area contributed by atoms with Crippen molar-refractivity contribution in [2.45, 2.75) is 77.0 Å². The minimum Gasteiger partial charge on any atom is -0.394 e. The van der Waals surface area contributed by atoms with Gasteiger partial charge < -0.3 is 18.8 Å². The van der Waals surface area contributed by atoms with Crippen molar-refractivity contribution in [3.63, 3.8) is 0 Å². The predicted octanol–water partition coefficient (Wildman–Crippen LogP) is 12.7. The average Bonchev–Trinajstić information content (AvgIpc) is 3.18. The van der Waals surface area contributed by atoms with Gasteiger partial charge in [0.2, 0.25) is 0 Å². The van der Waals surface area contributed by atoms with E-state index in [0.29, 0.717) is 11.1 Å². The first-order valence-corrected chi connectivity index (χ1v) is 22.0. The van der Waals surface area contributed by atoms with E-state index in [9.17, 15) is 14.4 Å². The molecule has 0 unspecified atom stereocenters. The quantitative estimate of drug-likeness (QED) is 0.106. The molecule has 2 N–H and O–H groups in total. The summed E-state index contributed by atoms with van der Waals surface area (Å²) in [6, 6.07) is 51.0. The maximum atomic E-state index is 15.0. The van der Waals surface area contributed by atoms with Crippen LogP contribution in [0.4, 0.5) is 0 Å². The Hall–Kier alpha value is -4.74. The summed E-state index contributed by atoms with van der Waals surface area (Å²) in [7, 11) is -10.6. The molecule has 0 radical (unpaired) electrons. The van der Waals surface area contributed by atoms with Gasteiger partial charge in [-0.3, -0.25) is 0 Å². The molecule has 0 fully saturated rings. The third-order valence-electron chi connectivity index (χ3n) is 11.4. The van der Waals surface area contributed by atoms with E-state index >= 15 is 4.57 Å². The molecule has 0 heterocycles. The first-order chi connectivity index (χ1) is 26.7. The van der Waals surface area contributed by atoms with E-state index in [1.54, 1.807) is 12.1 Å². The zero-order valence-electron chi connectivity index (χ0n) is 33.8. The highest BCUT2D eigenvalue weighted by Crippen LogP contribution is 2.62. The molecule has 0 aliphatic rings. The fourth-order valence-corrected chi connectivity index (χ4v) is 9.61.